The normalized spacial score (nSPS) is 10.8. The van der Waals surface area contributed by atoms with Gasteiger partial charge in [0, 0.05) is 18.7 Å². The molecule has 0 aliphatic rings. The Morgan fingerprint density at radius 2 is 1.39 bits per heavy atom. The fraction of sp³-hybridized carbons (Fsp3) is 0.129. The topological polar surface area (TPSA) is 79.1 Å². The standard InChI is InChI=1S/C31H26N2O5/c1-20(34)38-19-28-29(23-7-5-4-6-8-23)31(35)33-18-24(21-9-13-25(36-2)14-10-21)17-27(30(33)32-28)22-11-15-26(37-3)16-12-22/h4-18H,19H2,1-3H3. The summed E-state index contributed by atoms with van der Waals surface area (Å²) in [7, 11) is 3.23. The molecule has 0 amide bonds. The lowest BCUT2D eigenvalue weighted by Gasteiger charge is -2.16. The highest BCUT2D eigenvalue weighted by Crippen LogP contribution is 2.32. The average molecular weight is 507 g/mol. The van der Waals surface area contributed by atoms with E-state index in [4.69, 9.17) is 19.2 Å². The first-order valence-corrected chi connectivity index (χ1v) is 12.1. The van der Waals surface area contributed by atoms with Gasteiger partial charge in [-0.3, -0.25) is 14.0 Å². The molecule has 0 bridgehead atoms. The predicted molar refractivity (Wildman–Crippen MR) is 146 cm³/mol. The number of esters is 1. The molecule has 0 fully saturated rings. The molecular formula is C31H26N2O5. The van der Waals surface area contributed by atoms with Crippen molar-refractivity contribution in [2.24, 2.45) is 0 Å². The fourth-order valence-electron chi connectivity index (χ4n) is 4.38. The maximum absolute atomic E-state index is 14.1. The van der Waals surface area contributed by atoms with Gasteiger partial charge in [-0.15, -0.1) is 0 Å². The van der Waals surface area contributed by atoms with Gasteiger partial charge in [0.2, 0.25) is 0 Å². The van der Waals surface area contributed by atoms with E-state index in [2.05, 4.69) is 0 Å². The van der Waals surface area contributed by atoms with Crippen molar-refractivity contribution in [2.45, 2.75) is 13.5 Å². The molecule has 5 aromatic rings. The van der Waals surface area contributed by atoms with E-state index < -0.39 is 5.97 Å². The van der Waals surface area contributed by atoms with Gasteiger partial charge in [0.25, 0.3) is 5.56 Å². The van der Waals surface area contributed by atoms with Crippen molar-refractivity contribution in [3.05, 3.63) is 107 Å². The molecule has 5 rings (SSSR count). The smallest absolute Gasteiger partial charge is 0.303 e. The second-order valence-electron chi connectivity index (χ2n) is 8.68. The molecule has 0 aliphatic heterocycles. The number of methoxy groups -OCH3 is 2. The van der Waals surface area contributed by atoms with Crippen LogP contribution in [0.2, 0.25) is 0 Å². The second-order valence-corrected chi connectivity index (χ2v) is 8.68. The van der Waals surface area contributed by atoms with Gasteiger partial charge < -0.3 is 14.2 Å². The number of carbonyl (C=O) groups excluding carboxylic acids is 1. The van der Waals surface area contributed by atoms with Crippen LogP contribution in [-0.2, 0) is 16.1 Å². The van der Waals surface area contributed by atoms with Crippen LogP contribution in [0.5, 0.6) is 11.5 Å². The number of ether oxygens (including phenoxy) is 3. The summed E-state index contributed by atoms with van der Waals surface area (Å²) >= 11 is 0. The second kappa shape index (κ2) is 10.6. The Labute approximate surface area is 219 Å². The Morgan fingerprint density at radius 1 is 0.789 bits per heavy atom. The van der Waals surface area contributed by atoms with E-state index in [1.54, 1.807) is 24.8 Å². The maximum Gasteiger partial charge on any atom is 0.303 e. The molecule has 0 saturated carbocycles. The van der Waals surface area contributed by atoms with Crippen LogP contribution in [-0.4, -0.2) is 29.6 Å². The number of fused-ring (bicyclic) bond motifs is 1. The van der Waals surface area contributed by atoms with E-state index in [0.717, 1.165) is 33.8 Å². The van der Waals surface area contributed by atoms with E-state index in [0.29, 0.717) is 22.5 Å². The number of aromatic nitrogens is 2. The Hall–Kier alpha value is -4.91. The molecule has 2 heterocycles. The van der Waals surface area contributed by atoms with Gasteiger partial charge in [-0.25, -0.2) is 4.98 Å². The quantitative estimate of drug-likeness (QED) is 0.261. The summed E-state index contributed by atoms with van der Waals surface area (Å²) in [6.45, 7) is 1.22. The summed E-state index contributed by atoms with van der Waals surface area (Å²) in [4.78, 5) is 30.7. The number of benzene rings is 3. The van der Waals surface area contributed by atoms with Crippen LogP contribution < -0.4 is 15.0 Å². The Bertz CT molecular complexity index is 1660. The summed E-state index contributed by atoms with van der Waals surface area (Å²) in [6.07, 6.45) is 1.79. The molecule has 0 spiro atoms. The Kier molecular flexibility index (Phi) is 6.91. The van der Waals surface area contributed by atoms with Crippen LogP contribution in [0.3, 0.4) is 0 Å². The number of hydrogen-bond donors (Lipinski definition) is 0. The van der Waals surface area contributed by atoms with Crippen LogP contribution in [0.1, 0.15) is 12.6 Å². The zero-order chi connectivity index (χ0) is 26.6. The zero-order valence-electron chi connectivity index (χ0n) is 21.3. The first-order chi connectivity index (χ1) is 18.5. The molecule has 0 saturated heterocycles. The highest BCUT2D eigenvalue weighted by molar-refractivity contribution is 5.84. The van der Waals surface area contributed by atoms with Crippen molar-refractivity contribution in [1.29, 1.82) is 0 Å². The van der Waals surface area contributed by atoms with Gasteiger partial charge >= 0.3 is 5.97 Å². The molecule has 0 aliphatic carbocycles. The number of rotatable bonds is 7. The van der Waals surface area contributed by atoms with Crippen molar-refractivity contribution in [3.63, 3.8) is 0 Å². The number of nitrogens with zero attached hydrogens (tertiary/aromatic N) is 2. The third-order valence-corrected chi connectivity index (χ3v) is 6.30. The van der Waals surface area contributed by atoms with Gasteiger partial charge in [0.1, 0.15) is 23.8 Å². The Balaban J connectivity index is 1.82. The van der Waals surface area contributed by atoms with Crippen molar-refractivity contribution in [3.8, 4) is 44.9 Å². The van der Waals surface area contributed by atoms with E-state index in [-0.39, 0.29) is 12.2 Å². The summed E-state index contributed by atoms with van der Waals surface area (Å²) in [5.74, 6) is 1.01. The van der Waals surface area contributed by atoms with E-state index in [1.165, 1.54) is 6.92 Å². The van der Waals surface area contributed by atoms with Gasteiger partial charge in [0.15, 0.2) is 0 Å². The monoisotopic (exact) mass is 506 g/mol. The van der Waals surface area contributed by atoms with Crippen molar-refractivity contribution >= 4 is 11.6 Å². The van der Waals surface area contributed by atoms with Crippen LogP contribution in [0, 0.1) is 0 Å². The highest BCUT2D eigenvalue weighted by atomic mass is 16.5. The number of carbonyl (C=O) groups is 1. The molecular weight excluding hydrogens is 480 g/mol. The molecule has 0 unspecified atom stereocenters. The SMILES string of the molecule is COc1ccc(-c2cc(-c3ccc(OC)cc3)c3nc(COC(C)=O)c(-c4ccccc4)c(=O)n3c2)cc1. The minimum Gasteiger partial charge on any atom is -0.497 e. The van der Waals surface area contributed by atoms with Crippen LogP contribution in [0.25, 0.3) is 39.0 Å². The molecule has 190 valence electrons. The lowest BCUT2D eigenvalue weighted by atomic mass is 9.99. The van der Waals surface area contributed by atoms with Crippen LogP contribution in [0.4, 0.5) is 0 Å². The number of hydrogen-bond acceptors (Lipinski definition) is 6. The van der Waals surface area contributed by atoms with E-state index in [1.807, 2.05) is 84.9 Å². The average Bonchev–Trinajstić information content (AvgIpc) is 2.96. The zero-order valence-corrected chi connectivity index (χ0v) is 21.3. The van der Waals surface area contributed by atoms with Crippen molar-refractivity contribution in [1.82, 2.24) is 9.38 Å². The van der Waals surface area contributed by atoms with E-state index in [9.17, 15) is 9.59 Å². The van der Waals surface area contributed by atoms with Crippen molar-refractivity contribution in [2.75, 3.05) is 14.2 Å². The molecule has 0 N–H and O–H groups in total. The molecule has 38 heavy (non-hydrogen) atoms. The third-order valence-electron chi connectivity index (χ3n) is 6.30. The van der Waals surface area contributed by atoms with E-state index >= 15 is 0 Å². The van der Waals surface area contributed by atoms with Gasteiger partial charge in [-0.1, -0.05) is 54.6 Å². The fourth-order valence-corrected chi connectivity index (χ4v) is 4.38. The first-order valence-electron chi connectivity index (χ1n) is 12.1. The predicted octanol–water partition coefficient (Wildman–Crippen LogP) is 5.78. The third kappa shape index (κ3) is 4.86. The lowest BCUT2D eigenvalue weighted by Crippen LogP contribution is -2.21. The van der Waals surface area contributed by atoms with Crippen LogP contribution >= 0.6 is 0 Å². The number of pyridine rings is 1. The molecule has 3 aromatic carbocycles. The molecule has 0 radical (unpaired) electrons. The molecule has 7 nitrogen and oxygen atoms in total. The first kappa shape index (κ1) is 24.8. The Morgan fingerprint density at radius 3 is 1.97 bits per heavy atom. The maximum atomic E-state index is 14.1. The highest BCUT2D eigenvalue weighted by Gasteiger charge is 2.19. The summed E-state index contributed by atoms with van der Waals surface area (Å²) in [5, 5.41) is 0. The van der Waals surface area contributed by atoms with Gasteiger partial charge in [0.05, 0.1) is 25.5 Å². The van der Waals surface area contributed by atoms with Gasteiger partial charge in [-0.2, -0.15) is 0 Å². The minimum atomic E-state index is -0.448. The lowest BCUT2D eigenvalue weighted by molar-refractivity contribution is -0.142. The van der Waals surface area contributed by atoms with Gasteiger partial charge in [-0.05, 0) is 52.6 Å². The molecule has 0 atom stereocenters. The summed E-state index contributed by atoms with van der Waals surface area (Å²) < 4.78 is 17.5. The summed E-state index contributed by atoms with van der Waals surface area (Å²) in [5.41, 5.74) is 5.04. The molecule has 7 heteroatoms. The molecule has 2 aromatic heterocycles. The van der Waals surface area contributed by atoms with Crippen LogP contribution in [0.15, 0.2) is 95.9 Å². The van der Waals surface area contributed by atoms with Crippen molar-refractivity contribution < 1.29 is 19.0 Å². The summed E-state index contributed by atoms with van der Waals surface area (Å²) in [6, 6.07) is 26.5. The minimum absolute atomic E-state index is 0.117. The largest absolute Gasteiger partial charge is 0.497 e.